The van der Waals surface area contributed by atoms with Gasteiger partial charge in [-0.05, 0) is 55.2 Å². The highest BCUT2D eigenvalue weighted by Gasteiger charge is 2.47. The van der Waals surface area contributed by atoms with E-state index in [2.05, 4.69) is 24.4 Å². The predicted octanol–water partition coefficient (Wildman–Crippen LogP) is 3.23. The molecule has 2 aliphatic carbocycles. The molecule has 90 valence electrons. The Morgan fingerprint density at radius 2 is 1.82 bits per heavy atom. The van der Waals surface area contributed by atoms with Crippen LogP contribution >= 0.6 is 0 Å². The van der Waals surface area contributed by atoms with Crippen molar-refractivity contribution < 1.29 is 4.79 Å². The van der Waals surface area contributed by atoms with E-state index in [9.17, 15) is 4.79 Å². The Kier molecular flexibility index (Phi) is 2.65. The Morgan fingerprint density at radius 3 is 2.41 bits per heavy atom. The number of rotatable bonds is 3. The van der Waals surface area contributed by atoms with E-state index in [1.807, 2.05) is 12.1 Å². The fraction of sp³-hybridized carbons (Fsp3) is 0.533. The molecule has 2 saturated carbocycles. The van der Waals surface area contributed by atoms with Gasteiger partial charge in [-0.3, -0.25) is 4.79 Å². The first-order valence-electron chi connectivity index (χ1n) is 6.66. The third kappa shape index (κ3) is 2.21. The van der Waals surface area contributed by atoms with Crippen molar-refractivity contribution in [1.29, 1.82) is 0 Å². The minimum Gasteiger partial charge on any atom is -0.326 e. The molecule has 1 amide bonds. The Hall–Kier alpha value is -1.31. The third-order valence-electron chi connectivity index (χ3n) is 4.24. The van der Waals surface area contributed by atoms with Gasteiger partial charge in [-0.2, -0.15) is 0 Å². The average molecular weight is 229 g/mol. The van der Waals surface area contributed by atoms with Gasteiger partial charge in [0.2, 0.25) is 5.91 Å². The van der Waals surface area contributed by atoms with E-state index in [1.165, 1.54) is 12.0 Å². The maximum Gasteiger partial charge on any atom is 0.227 e. The monoisotopic (exact) mass is 229 g/mol. The molecular formula is C15H19NO. The molecule has 2 nitrogen and oxygen atoms in total. The molecule has 0 aliphatic heterocycles. The van der Waals surface area contributed by atoms with Crippen LogP contribution in [0.15, 0.2) is 24.3 Å². The van der Waals surface area contributed by atoms with Gasteiger partial charge in [0.05, 0.1) is 0 Å². The first-order valence-corrected chi connectivity index (χ1v) is 6.66. The van der Waals surface area contributed by atoms with E-state index >= 15 is 0 Å². The number of hydrogen-bond acceptors (Lipinski definition) is 1. The van der Waals surface area contributed by atoms with Crippen LogP contribution < -0.4 is 5.32 Å². The standard InChI is InChI=1S/C15H19NO/c1-2-10-3-5-14(6-4-10)16-15(17)13-8-11-7-12(11)9-13/h3-6,11-13H,2,7-9H2,1H3,(H,16,17). The van der Waals surface area contributed by atoms with Gasteiger partial charge in [0, 0.05) is 11.6 Å². The van der Waals surface area contributed by atoms with Crippen molar-refractivity contribution in [2.75, 3.05) is 5.32 Å². The van der Waals surface area contributed by atoms with Crippen molar-refractivity contribution in [3.8, 4) is 0 Å². The molecule has 0 radical (unpaired) electrons. The van der Waals surface area contributed by atoms with Crippen LogP contribution in [0, 0.1) is 17.8 Å². The molecule has 0 bridgehead atoms. The topological polar surface area (TPSA) is 29.1 Å². The van der Waals surface area contributed by atoms with Crippen molar-refractivity contribution in [2.24, 2.45) is 17.8 Å². The summed E-state index contributed by atoms with van der Waals surface area (Å²) in [6.45, 7) is 2.14. The number of hydrogen-bond donors (Lipinski definition) is 1. The summed E-state index contributed by atoms with van der Waals surface area (Å²) in [4.78, 5) is 12.0. The smallest absolute Gasteiger partial charge is 0.227 e. The molecule has 17 heavy (non-hydrogen) atoms. The maximum atomic E-state index is 12.0. The fourth-order valence-corrected chi connectivity index (χ4v) is 3.00. The molecule has 0 spiro atoms. The second-order valence-electron chi connectivity index (χ2n) is 5.46. The van der Waals surface area contributed by atoms with Crippen LogP contribution in [0.3, 0.4) is 0 Å². The lowest BCUT2D eigenvalue weighted by molar-refractivity contribution is -0.120. The predicted molar refractivity (Wildman–Crippen MR) is 68.8 cm³/mol. The quantitative estimate of drug-likeness (QED) is 0.847. The number of fused-ring (bicyclic) bond motifs is 1. The molecule has 1 aromatic carbocycles. The lowest BCUT2D eigenvalue weighted by atomic mass is 10.0. The molecule has 0 heterocycles. The highest BCUT2D eigenvalue weighted by atomic mass is 16.1. The zero-order valence-corrected chi connectivity index (χ0v) is 10.3. The van der Waals surface area contributed by atoms with Crippen molar-refractivity contribution in [2.45, 2.75) is 32.6 Å². The van der Waals surface area contributed by atoms with E-state index in [4.69, 9.17) is 0 Å². The normalized spacial score (nSPS) is 29.8. The van der Waals surface area contributed by atoms with Crippen LogP contribution in [0.25, 0.3) is 0 Å². The Bertz CT molecular complexity index is 413. The molecule has 1 aromatic rings. The summed E-state index contributed by atoms with van der Waals surface area (Å²) >= 11 is 0. The maximum absolute atomic E-state index is 12.0. The number of amides is 1. The highest BCUT2D eigenvalue weighted by Crippen LogP contribution is 2.54. The highest BCUT2D eigenvalue weighted by molar-refractivity contribution is 5.92. The van der Waals surface area contributed by atoms with E-state index in [0.29, 0.717) is 0 Å². The minimum atomic E-state index is 0.224. The third-order valence-corrected chi connectivity index (χ3v) is 4.24. The van der Waals surface area contributed by atoms with Crippen LogP contribution in [-0.2, 0) is 11.2 Å². The summed E-state index contributed by atoms with van der Waals surface area (Å²) in [5, 5.41) is 3.04. The zero-order valence-electron chi connectivity index (χ0n) is 10.3. The summed E-state index contributed by atoms with van der Waals surface area (Å²) in [6.07, 6.45) is 4.64. The van der Waals surface area contributed by atoms with Crippen molar-refractivity contribution in [1.82, 2.24) is 0 Å². The lowest BCUT2D eigenvalue weighted by Gasteiger charge is -2.12. The Morgan fingerprint density at radius 1 is 1.18 bits per heavy atom. The summed E-state index contributed by atoms with van der Waals surface area (Å²) in [5.41, 5.74) is 2.25. The molecule has 2 unspecified atom stereocenters. The van der Waals surface area contributed by atoms with E-state index in [-0.39, 0.29) is 11.8 Å². The van der Waals surface area contributed by atoms with E-state index in [0.717, 1.165) is 36.8 Å². The lowest BCUT2D eigenvalue weighted by Crippen LogP contribution is -2.21. The van der Waals surface area contributed by atoms with Gasteiger partial charge in [0.1, 0.15) is 0 Å². The molecule has 2 heteroatoms. The van der Waals surface area contributed by atoms with Gasteiger partial charge >= 0.3 is 0 Å². The Balaban J connectivity index is 1.59. The van der Waals surface area contributed by atoms with Crippen molar-refractivity contribution >= 4 is 11.6 Å². The molecule has 2 fully saturated rings. The van der Waals surface area contributed by atoms with Gasteiger partial charge in [-0.1, -0.05) is 19.1 Å². The van der Waals surface area contributed by atoms with Gasteiger partial charge in [0.15, 0.2) is 0 Å². The first kappa shape index (κ1) is 10.8. The van der Waals surface area contributed by atoms with Crippen LogP contribution in [0.2, 0.25) is 0 Å². The number of carbonyl (C=O) groups is 1. The SMILES string of the molecule is CCc1ccc(NC(=O)C2CC3CC3C2)cc1. The van der Waals surface area contributed by atoms with E-state index in [1.54, 1.807) is 0 Å². The zero-order chi connectivity index (χ0) is 11.8. The summed E-state index contributed by atoms with van der Waals surface area (Å²) < 4.78 is 0. The Labute approximate surface area is 102 Å². The van der Waals surface area contributed by atoms with Crippen molar-refractivity contribution in [3.63, 3.8) is 0 Å². The van der Waals surface area contributed by atoms with Crippen LogP contribution in [0.4, 0.5) is 5.69 Å². The molecule has 1 N–H and O–H groups in total. The second-order valence-corrected chi connectivity index (χ2v) is 5.46. The molecular weight excluding hydrogens is 210 g/mol. The largest absolute Gasteiger partial charge is 0.326 e. The van der Waals surface area contributed by atoms with Gasteiger partial charge in [-0.25, -0.2) is 0 Å². The summed E-state index contributed by atoms with van der Waals surface area (Å²) in [5.74, 6) is 2.23. The summed E-state index contributed by atoms with van der Waals surface area (Å²) in [7, 11) is 0. The number of carbonyl (C=O) groups excluding carboxylic acids is 1. The fourth-order valence-electron chi connectivity index (χ4n) is 3.00. The number of nitrogens with one attached hydrogen (secondary N) is 1. The van der Waals surface area contributed by atoms with Gasteiger partial charge < -0.3 is 5.32 Å². The molecule has 0 saturated heterocycles. The number of aryl methyl sites for hydroxylation is 1. The molecule has 3 rings (SSSR count). The second kappa shape index (κ2) is 4.17. The van der Waals surface area contributed by atoms with Crippen LogP contribution in [0.5, 0.6) is 0 Å². The number of anilines is 1. The minimum absolute atomic E-state index is 0.224. The average Bonchev–Trinajstić information content (AvgIpc) is 2.97. The van der Waals surface area contributed by atoms with Gasteiger partial charge in [0.25, 0.3) is 0 Å². The molecule has 2 atom stereocenters. The molecule has 2 aliphatic rings. The number of benzene rings is 1. The summed E-state index contributed by atoms with van der Waals surface area (Å²) in [6, 6.07) is 8.18. The van der Waals surface area contributed by atoms with E-state index < -0.39 is 0 Å². The van der Waals surface area contributed by atoms with Gasteiger partial charge in [-0.15, -0.1) is 0 Å². The first-order chi connectivity index (χ1) is 8.26. The van der Waals surface area contributed by atoms with Crippen molar-refractivity contribution in [3.05, 3.63) is 29.8 Å². The molecule has 0 aromatic heterocycles. The van der Waals surface area contributed by atoms with Crippen LogP contribution in [-0.4, -0.2) is 5.91 Å². The van der Waals surface area contributed by atoms with Crippen LogP contribution in [0.1, 0.15) is 31.7 Å².